The van der Waals surface area contributed by atoms with E-state index in [1.807, 2.05) is 31.2 Å². The monoisotopic (exact) mass is 465 g/mol. The van der Waals surface area contributed by atoms with Crippen molar-refractivity contribution in [1.82, 2.24) is 24.8 Å². The van der Waals surface area contributed by atoms with Crippen molar-refractivity contribution in [3.8, 4) is 5.75 Å². The van der Waals surface area contributed by atoms with E-state index in [1.54, 1.807) is 18.4 Å². The summed E-state index contributed by atoms with van der Waals surface area (Å²) in [6.07, 6.45) is 6.90. The van der Waals surface area contributed by atoms with E-state index >= 15 is 0 Å². The normalized spacial score (nSPS) is 14.2. The van der Waals surface area contributed by atoms with Crippen LogP contribution < -0.4 is 20.9 Å². The number of aromatic nitrogens is 3. The molecule has 4 rings (SSSR count). The molecule has 0 aliphatic heterocycles. The minimum absolute atomic E-state index is 0.160. The van der Waals surface area contributed by atoms with E-state index in [9.17, 15) is 14.4 Å². The van der Waals surface area contributed by atoms with Gasteiger partial charge in [-0.1, -0.05) is 31.4 Å². The van der Waals surface area contributed by atoms with Crippen LogP contribution in [0.25, 0.3) is 5.52 Å². The fourth-order valence-electron chi connectivity index (χ4n) is 4.68. The first-order chi connectivity index (χ1) is 16.4. The number of ether oxygens (including phenoxy) is 1. The number of nitrogens with zero attached hydrogens (tertiary/aromatic N) is 3. The molecule has 2 amide bonds. The quantitative estimate of drug-likeness (QED) is 0.558. The molecule has 180 valence electrons. The molecule has 2 N–H and O–H groups in total. The second-order valence-electron chi connectivity index (χ2n) is 8.83. The van der Waals surface area contributed by atoms with Crippen LogP contribution in [-0.4, -0.2) is 39.1 Å². The Labute approximate surface area is 198 Å². The molecule has 2 heterocycles. The van der Waals surface area contributed by atoms with Gasteiger partial charge in [0, 0.05) is 18.3 Å². The summed E-state index contributed by atoms with van der Waals surface area (Å²) >= 11 is 0. The summed E-state index contributed by atoms with van der Waals surface area (Å²) in [5.41, 5.74) is 2.61. The van der Waals surface area contributed by atoms with Gasteiger partial charge in [0.15, 0.2) is 0 Å². The van der Waals surface area contributed by atoms with Gasteiger partial charge in [0.2, 0.25) is 5.91 Å². The maximum atomic E-state index is 13.2. The van der Waals surface area contributed by atoms with Crippen molar-refractivity contribution in [2.45, 2.75) is 65.1 Å². The van der Waals surface area contributed by atoms with E-state index in [1.165, 1.54) is 12.7 Å². The van der Waals surface area contributed by atoms with Crippen LogP contribution in [0.4, 0.5) is 0 Å². The molecule has 34 heavy (non-hydrogen) atoms. The van der Waals surface area contributed by atoms with Gasteiger partial charge in [-0.3, -0.25) is 18.8 Å². The molecule has 0 spiro atoms. The molecule has 9 nitrogen and oxygen atoms in total. The zero-order valence-corrected chi connectivity index (χ0v) is 19.9. The van der Waals surface area contributed by atoms with Gasteiger partial charge in [-0.25, -0.2) is 4.68 Å². The number of rotatable bonds is 7. The van der Waals surface area contributed by atoms with Crippen molar-refractivity contribution in [3.05, 3.63) is 63.3 Å². The van der Waals surface area contributed by atoms with Crippen molar-refractivity contribution in [2.24, 2.45) is 0 Å². The van der Waals surface area contributed by atoms with Crippen LogP contribution in [0.15, 0.2) is 35.4 Å². The summed E-state index contributed by atoms with van der Waals surface area (Å²) in [6.45, 7) is 3.67. The summed E-state index contributed by atoms with van der Waals surface area (Å²) in [6, 6.07) is 7.57. The number of carbonyl (C=O) groups is 2. The molecule has 1 aliphatic carbocycles. The smallest absolute Gasteiger partial charge is 0.291 e. The molecule has 1 fully saturated rings. The number of nitrogens with one attached hydrogen (secondary N) is 2. The second kappa shape index (κ2) is 10.1. The first-order valence-corrected chi connectivity index (χ1v) is 11.7. The Morgan fingerprint density at radius 3 is 2.68 bits per heavy atom. The average Bonchev–Trinajstić information content (AvgIpc) is 3.10. The third-order valence-corrected chi connectivity index (χ3v) is 6.52. The molecule has 3 aromatic rings. The summed E-state index contributed by atoms with van der Waals surface area (Å²) in [5, 5.41) is 10.1. The molecule has 1 aromatic carbocycles. The fourth-order valence-corrected chi connectivity index (χ4v) is 4.68. The Morgan fingerprint density at radius 1 is 1.18 bits per heavy atom. The standard InChI is InChI=1S/C25H31N5O4/c1-16-22(24(32)28-19-9-5-4-6-10-19)17(2)29-15-27-30(25(33)23(16)29)14-21(31)26-13-18-8-7-11-20(12-18)34-3/h7-8,11-12,15,19H,4-6,9-10,13-14H2,1-3H3,(H,26,31)(H,28,32). The highest BCUT2D eigenvalue weighted by molar-refractivity contribution is 5.99. The predicted octanol–water partition coefficient (Wildman–Crippen LogP) is 2.50. The lowest BCUT2D eigenvalue weighted by Crippen LogP contribution is -2.36. The summed E-state index contributed by atoms with van der Waals surface area (Å²) in [4.78, 5) is 38.7. The van der Waals surface area contributed by atoms with Crippen molar-refractivity contribution in [1.29, 1.82) is 0 Å². The van der Waals surface area contributed by atoms with Crippen LogP contribution in [-0.2, 0) is 17.9 Å². The number of hydrogen-bond donors (Lipinski definition) is 2. The highest BCUT2D eigenvalue weighted by Gasteiger charge is 2.24. The Bertz CT molecular complexity index is 1270. The summed E-state index contributed by atoms with van der Waals surface area (Å²) < 4.78 is 7.96. The first-order valence-electron chi connectivity index (χ1n) is 11.7. The second-order valence-corrected chi connectivity index (χ2v) is 8.83. The van der Waals surface area contributed by atoms with Gasteiger partial charge in [0.1, 0.15) is 24.1 Å². The SMILES string of the molecule is COc1cccc(CNC(=O)Cn2ncn3c(C)c(C(=O)NC4CCCCC4)c(C)c3c2=O)c1. The number of fused-ring (bicyclic) bond motifs is 1. The molecule has 0 radical (unpaired) electrons. The van der Waals surface area contributed by atoms with Gasteiger partial charge in [-0.15, -0.1) is 0 Å². The minimum atomic E-state index is -0.406. The van der Waals surface area contributed by atoms with Crippen molar-refractivity contribution in [2.75, 3.05) is 7.11 Å². The summed E-state index contributed by atoms with van der Waals surface area (Å²) in [5.74, 6) is 0.211. The largest absolute Gasteiger partial charge is 0.497 e. The van der Waals surface area contributed by atoms with E-state index in [4.69, 9.17) is 4.74 Å². The van der Waals surface area contributed by atoms with Gasteiger partial charge in [-0.2, -0.15) is 5.10 Å². The Hall–Kier alpha value is -3.62. The van der Waals surface area contributed by atoms with E-state index in [0.29, 0.717) is 34.6 Å². The van der Waals surface area contributed by atoms with Crippen LogP contribution in [0.5, 0.6) is 5.75 Å². The first kappa shape index (κ1) is 23.5. The van der Waals surface area contributed by atoms with Crippen molar-refractivity contribution in [3.63, 3.8) is 0 Å². The third-order valence-electron chi connectivity index (χ3n) is 6.52. The minimum Gasteiger partial charge on any atom is -0.497 e. The van der Waals surface area contributed by atoms with E-state index < -0.39 is 5.56 Å². The molecule has 1 aliphatic rings. The van der Waals surface area contributed by atoms with E-state index in [-0.39, 0.29) is 24.4 Å². The fraction of sp³-hybridized carbons (Fsp3) is 0.440. The molecular weight excluding hydrogens is 434 g/mol. The highest BCUT2D eigenvalue weighted by Crippen LogP contribution is 2.22. The molecule has 0 bridgehead atoms. The number of methoxy groups -OCH3 is 1. The predicted molar refractivity (Wildman–Crippen MR) is 128 cm³/mol. The number of amides is 2. The molecule has 0 unspecified atom stereocenters. The van der Waals surface area contributed by atoms with Gasteiger partial charge in [0.05, 0.1) is 12.7 Å². The highest BCUT2D eigenvalue weighted by atomic mass is 16.5. The van der Waals surface area contributed by atoms with Crippen LogP contribution >= 0.6 is 0 Å². The van der Waals surface area contributed by atoms with Crippen molar-refractivity contribution < 1.29 is 14.3 Å². The van der Waals surface area contributed by atoms with Gasteiger partial charge in [0.25, 0.3) is 11.5 Å². The molecule has 1 saturated carbocycles. The topological polar surface area (TPSA) is 107 Å². The molecule has 0 saturated heterocycles. The average molecular weight is 466 g/mol. The van der Waals surface area contributed by atoms with Gasteiger partial charge < -0.3 is 15.4 Å². The van der Waals surface area contributed by atoms with E-state index in [0.717, 1.165) is 35.9 Å². The van der Waals surface area contributed by atoms with Crippen molar-refractivity contribution >= 4 is 17.3 Å². The third kappa shape index (κ3) is 4.83. The summed E-state index contributed by atoms with van der Waals surface area (Å²) in [7, 11) is 1.59. The molecule has 2 aromatic heterocycles. The zero-order chi connectivity index (χ0) is 24.2. The lowest BCUT2D eigenvalue weighted by Gasteiger charge is -2.22. The zero-order valence-electron chi connectivity index (χ0n) is 19.9. The Kier molecular flexibility index (Phi) is 7.00. The molecule has 0 atom stereocenters. The number of hydrogen-bond acceptors (Lipinski definition) is 5. The molecule has 9 heteroatoms. The Balaban J connectivity index is 1.51. The van der Waals surface area contributed by atoms with Gasteiger partial charge >= 0.3 is 0 Å². The van der Waals surface area contributed by atoms with Crippen LogP contribution in [0.2, 0.25) is 0 Å². The van der Waals surface area contributed by atoms with Crippen LogP contribution in [0, 0.1) is 13.8 Å². The maximum absolute atomic E-state index is 13.2. The van der Waals surface area contributed by atoms with E-state index in [2.05, 4.69) is 15.7 Å². The maximum Gasteiger partial charge on any atom is 0.291 e. The Morgan fingerprint density at radius 2 is 1.94 bits per heavy atom. The number of benzene rings is 1. The number of aryl methyl sites for hydroxylation is 2. The van der Waals surface area contributed by atoms with Crippen LogP contribution in [0.1, 0.15) is 59.3 Å². The van der Waals surface area contributed by atoms with Crippen LogP contribution in [0.3, 0.4) is 0 Å². The lowest BCUT2D eigenvalue weighted by molar-refractivity contribution is -0.122. The molecular formula is C25H31N5O4. The number of carbonyl (C=O) groups excluding carboxylic acids is 2. The van der Waals surface area contributed by atoms with Gasteiger partial charge in [-0.05, 0) is 49.9 Å². The lowest BCUT2D eigenvalue weighted by atomic mass is 9.95.